The lowest BCUT2D eigenvalue weighted by molar-refractivity contribution is -0.897. The van der Waals surface area contributed by atoms with Crippen LogP contribution in [0.15, 0.2) is 0 Å². The Kier molecular flexibility index (Phi) is 6.70. The molecular weight excluding hydrogens is 218 g/mol. The monoisotopic (exact) mass is 254 g/mol. The predicted molar refractivity (Wildman–Crippen MR) is 81.8 cm³/mol. The van der Waals surface area contributed by atoms with Gasteiger partial charge in [-0.25, -0.2) is 0 Å². The minimum absolute atomic E-state index is 0.659. The van der Waals surface area contributed by atoms with Crippen LogP contribution >= 0.6 is 0 Å². The molecule has 108 valence electrons. The Bertz CT molecular complexity index is 203. The number of hydrogen-bond acceptors (Lipinski definition) is 0. The van der Waals surface area contributed by atoms with Crippen molar-refractivity contribution in [3.8, 4) is 0 Å². The average molecular weight is 254 g/mol. The van der Waals surface area contributed by atoms with Crippen molar-refractivity contribution in [3.63, 3.8) is 0 Å². The van der Waals surface area contributed by atoms with Gasteiger partial charge in [-0.1, -0.05) is 46.5 Å². The number of hydrogen-bond donors (Lipinski definition) is 0. The summed E-state index contributed by atoms with van der Waals surface area (Å²) < 4.78 is 1.36. The minimum atomic E-state index is 0.659. The lowest BCUT2D eigenvalue weighted by Gasteiger charge is -2.31. The van der Waals surface area contributed by atoms with Crippen LogP contribution in [0.25, 0.3) is 0 Å². The molecule has 1 fully saturated rings. The lowest BCUT2D eigenvalue weighted by atomic mass is 9.75. The van der Waals surface area contributed by atoms with Crippen LogP contribution in [0.4, 0.5) is 0 Å². The quantitative estimate of drug-likeness (QED) is 0.401. The maximum atomic E-state index is 2.46. The maximum absolute atomic E-state index is 2.46. The molecule has 0 aromatic rings. The number of rotatable bonds is 9. The molecule has 0 saturated carbocycles. The second-order valence-corrected chi connectivity index (χ2v) is 6.87. The van der Waals surface area contributed by atoms with Crippen LogP contribution in [0, 0.1) is 5.41 Å². The first-order valence-corrected chi connectivity index (χ1v) is 8.43. The Morgan fingerprint density at radius 3 is 1.89 bits per heavy atom. The average Bonchev–Trinajstić information content (AvgIpc) is 2.82. The van der Waals surface area contributed by atoms with Crippen LogP contribution in [0.5, 0.6) is 0 Å². The molecule has 1 saturated heterocycles. The molecule has 18 heavy (non-hydrogen) atoms. The van der Waals surface area contributed by atoms with Gasteiger partial charge in [0.1, 0.15) is 0 Å². The van der Waals surface area contributed by atoms with Gasteiger partial charge in [0, 0.05) is 12.8 Å². The predicted octanol–water partition coefficient (Wildman–Crippen LogP) is 5.00. The van der Waals surface area contributed by atoms with Crippen LogP contribution < -0.4 is 0 Å². The van der Waals surface area contributed by atoms with Crippen LogP contribution in [-0.4, -0.2) is 31.2 Å². The van der Waals surface area contributed by atoms with Gasteiger partial charge in [-0.2, -0.15) is 0 Å². The molecule has 0 unspecified atom stereocenters. The van der Waals surface area contributed by atoms with Crippen molar-refractivity contribution >= 4 is 0 Å². The molecule has 1 nitrogen and oxygen atoms in total. The van der Waals surface area contributed by atoms with E-state index in [0.29, 0.717) is 5.41 Å². The fraction of sp³-hybridized carbons (Fsp3) is 1.00. The van der Waals surface area contributed by atoms with Crippen molar-refractivity contribution in [2.45, 2.75) is 78.6 Å². The number of likely N-dealkylation sites (tertiary alicyclic amines) is 1. The van der Waals surface area contributed by atoms with Gasteiger partial charge in [0.05, 0.1) is 26.7 Å². The van der Waals surface area contributed by atoms with Gasteiger partial charge in [0.25, 0.3) is 0 Å². The number of nitrogens with zero attached hydrogens (tertiary/aromatic N) is 1. The Morgan fingerprint density at radius 1 is 0.833 bits per heavy atom. The second-order valence-electron chi connectivity index (χ2n) is 6.87. The van der Waals surface area contributed by atoms with Gasteiger partial charge < -0.3 is 4.48 Å². The van der Waals surface area contributed by atoms with Crippen molar-refractivity contribution in [2.24, 2.45) is 5.41 Å². The van der Waals surface area contributed by atoms with E-state index in [-0.39, 0.29) is 0 Å². The molecule has 1 aliphatic rings. The summed E-state index contributed by atoms with van der Waals surface area (Å²) in [5.74, 6) is 0. The van der Waals surface area contributed by atoms with Crippen LogP contribution in [-0.2, 0) is 0 Å². The third kappa shape index (κ3) is 4.57. The van der Waals surface area contributed by atoms with Crippen molar-refractivity contribution in [3.05, 3.63) is 0 Å². The molecule has 0 bridgehead atoms. The standard InChI is InChI=1S/C17H36N/c1-5-17(6-2,7-3)13-9-8-10-14-18(4)15-11-12-16-18/h5-16H2,1-4H3/q+1. The SMILES string of the molecule is CCC(CC)(CC)CCCCC[N+]1(C)CCCC1. The lowest BCUT2D eigenvalue weighted by Crippen LogP contribution is -2.41. The van der Waals surface area contributed by atoms with E-state index < -0.39 is 0 Å². The molecule has 0 amide bonds. The van der Waals surface area contributed by atoms with Gasteiger partial charge >= 0.3 is 0 Å². The minimum Gasteiger partial charge on any atom is -0.326 e. The largest absolute Gasteiger partial charge is 0.326 e. The van der Waals surface area contributed by atoms with E-state index in [4.69, 9.17) is 0 Å². The molecule has 1 aliphatic heterocycles. The van der Waals surface area contributed by atoms with E-state index in [0.717, 1.165) is 0 Å². The summed E-state index contributed by atoms with van der Waals surface area (Å²) in [6, 6.07) is 0. The molecule has 1 heterocycles. The first-order chi connectivity index (χ1) is 8.60. The summed E-state index contributed by atoms with van der Waals surface area (Å²) >= 11 is 0. The first-order valence-electron chi connectivity index (χ1n) is 8.43. The highest BCUT2D eigenvalue weighted by molar-refractivity contribution is 4.74. The third-order valence-corrected chi connectivity index (χ3v) is 5.80. The van der Waals surface area contributed by atoms with Crippen molar-refractivity contribution in [1.82, 2.24) is 0 Å². The molecule has 0 aliphatic carbocycles. The Balaban J connectivity index is 2.14. The normalized spacial score (nSPS) is 19.3. The van der Waals surface area contributed by atoms with Gasteiger partial charge in [-0.3, -0.25) is 0 Å². The van der Waals surface area contributed by atoms with E-state index in [2.05, 4.69) is 27.8 Å². The zero-order valence-corrected chi connectivity index (χ0v) is 13.4. The summed E-state index contributed by atoms with van der Waals surface area (Å²) in [4.78, 5) is 0. The number of quaternary nitrogens is 1. The Hall–Kier alpha value is -0.0400. The topological polar surface area (TPSA) is 0 Å². The van der Waals surface area contributed by atoms with E-state index in [1.807, 2.05) is 0 Å². The Labute approximate surface area is 116 Å². The smallest absolute Gasteiger partial charge is 0.0786 e. The highest BCUT2D eigenvalue weighted by Crippen LogP contribution is 2.36. The van der Waals surface area contributed by atoms with Crippen molar-refractivity contribution < 1.29 is 4.48 Å². The maximum Gasteiger partial charge on any atom is 0.0786 e. The molecule has 0 aromatic carbocycles. The molecule has 0 aromatic heterocycles. The highest BCUT2D eigenvalue weighted by atomic mass is 15.3. The van der Waals surface area contributed by atoms with E-state index in [1.54, 1.807) is 0 Å². The van der Waals surface area contributed by atoms with E-state index in [9.17, 15) is 0 Å². The van der Waals surface area contributed by atoms with Gasteiger partial charge in [0.2, 0.25) is 0 Å². The Morgan fingerprint density at radius 2 is 1.39 bits per heavy atom. The molecular formula is C17H36N+. The second kappa shape index (κ2) is 7.53. The summed E-state index contributed by atoms with van der Waals surface area (Å²) in [6.07, 6.45) is 12.8. The summed E-state index contributed by atoms with van der Waals surface area (Å²) in [5.41, 5.74) is 0.659. The molecule has 1 rings (SSSR count). The van der Waals surface area contributed by atoms with Crippen molar-refractivity contribution in [1.29, 1.82) is 0 Å². The van der Waals surface area contributed by atoms with Crippen LogP contribution in [0.3, 0.4) is 0 Å². The zero-order chi connectivity index (χ0) is 13.5. The van der Waals surface area contributed by atoms with Gasteiger partial charge in [0.15, 0.2) is 0 Å². The van der Waals surface area contributed by atoms with Crippen LogP contribution in [0.2, 0.25) is 0 Å². The zero-order valence-electron chi connectivity index (χ0n) is 13.4. The summed E-state index contributed by atoms with van der Waals surface area (Å²) in [7, 11) is 2.46. The van der Waals surface area contributed by atoms with E-state index in [1.165, 1.54) is 81.9 Å². The van der Waals surface area contributed by atoms with Gasteiger partial charge in [-0.05, 0) is 24.7 Å². The van der Waals surface area contributed by atoms with Crippen LogP contribution in [0.1, 0.15) is 78.6 Å². The molecule has 1 heteroatoms. The number of unbranched alkanes of at least 4 members (excludes halogenated alkanes) is 2. The first kappa shape index (κ1) is 16.0. The molecule has 0 spiro atoms. The van der Waals surface area contributed by atoms with E-state index >= 15 is 0 Å². The summed E-state index contributed by atoms with van der Waals surface area (Å²) in [6.45, 7) is 11.4. The fourth-order valence-electron chi connectivity index (χ4n) is 3.77. The fourth-order valence-corrected chi connectivity index (χ4v) is 3.77. The molecule has 0 atom stereocenters. The highest BCUT2D eigenvalue weighted by Gasteiger charge is 2.26. The molecule has 0 N–H and O–H groups in total. The van der Waals surface area contributed by atoms with Crippen molar-refractivity contribution in [2.75, 3.05) is 26.7 Å². The third-order valence-electron chi connectivity index (χ3n) is 5.80. The van der Waals surface area contributed by atoms with Gasteiger partial charge in [-0.15, -0.1) is 0 Å². The summed E-state index contributed by atoms with van der Waals surface area (Å²) in [5, 5.41) is 0. The molecule has 0 radical (unpaired) electrons.